The van der Waals surface area contributed by atoms with E-state index in [2.05, 4.69) is 117 Å². The molecule has 0 aromatic carbocycles. The fourth-order valence-corrected chi connectivity index (χ4v) is 7.79. The first-order chi connectivity index (χ1) is 19.4. The van der Waals surface area contributed by atoms with Crippen LogP contribution in [0.5, 0.6) is 0 Å². The van der Waals surface area contributed by atoms with Gasteiger partial charge in [0.05, 0.1) is 14.8 Å². The number of aryl methyl sites for hydroxylation is 3. The summed E-state index contributed by atoms with van der Waals surface area (Å²) in [6.07, 6.45) is 12.8. The average Bonchev–Trinajstić information content (AvgIpc) is 3.81. The van der Waals surface area contributed by atoms with Crippen LogP contribution in [0.2, 0.25) is 0 Å². The molecule has 1 N–H and O–H groups in total. The quantitative estimate of drug-likeness (QED) is 0.192. The van der Waals surface area contributed by atoms with Crippen molar-refractivity contribution >= 4 is 106 Å². The highest BCUT2D eigenvalue weighted by molar-refractivity contribution is 14.1. The van der Waals surface area contributed by atoms with Crippen molar-refractivity contribution in [1.82, 2.24) is 29.3 Å². The molecule has 13 heteroatoms. The minimum Gasteiger partial charge on any atom is -0.383 e. The maximum atomic E-state index is 10.7. The number of aliphatic hydroxyl groups is 1. The minimum atomic E-state index is -0.592. The highest BCUT2D eigenvalue weighted by Crippen LogP contribution is 2.47. The molecule has 0 spiro atoms. The van der Waals surface area contributed by atoms with Gasteiger partial charge < -0.3 is 5.11 Å². The van der Waals surface area contributed by atoms with Crippen molar-refractivity contribution in [1.29, 1.82) is 0 Å². The van der Waals surface area contributed by atoms with Crippen LogP contribution in [0.3, 0.4) is 0 Å². The third kappa shape index (κ3) is 8.97. The van der Waals surface area contributed by atoms with Gasteiger partial charge in [0.2, 0.25) is 0 Å². The molecule has 0 amide bonds. The van der Waals surface area contributed by atoms with Gasteiger partial charge in [0, 0.05) is 49.0 Å². The molecule has 2 atom stereocenters. The predicted octanol–water partition coefficient (Wildman–Crippen LogP) is 7.89. The molecule has 3 aliphatic rings. The van der Waals surface area contributed by atoms with Crippen molar-refractivity contribution in [2.45, 2.75) is 58.6 Å². The van der Waals surface area contributed by atoms with Gasteiger partial charge in [-0.1, -0.05) is 34.8 Å². The monoisotopic (exact) mass is 1020 g/mol. The second-order valence-electron chi connectivity index (χ2n) is 10.8. The summed E-state index contributed by atoms with van der Waals surface area (Å²) in [6.45, 7) is 5.23. The van der Waals surface area contributed by atoms with Crippen molar-refractivity contribution in [3.8, 4) is 0 Å². The topological polar surface area (TPSA) is 90.8 Å². The van der Waals surface area contributed by atoms with Crippen LogP contribution >= 0.6 is 99.6 Å². The van der Waals surface area contributed by atoms with Crippen LogP contribution in [0.1, 0.15) is 66.7 Å². The maximum absolute atomic E-state index is 10.7. The van der Waals surface area contributed by atoms with E-state index >= 15 is 0 Å². The van der Waals surface area contributed by atoms with Crippen LogP contribution in [0, 0.1) is 35.6 Å². The Balaban J connectivity index is 0.000000156. The number of aldehydes is 1. The van der Waals surface area contributed by atoms with E-state index in [1.54, 1.807) is 22.6 Å². The van der Waals surface area contributed by atoms with E-state index in [9.17, 15) is 9.90 Å². The highest BCUT2D eigenvalue weighted by atomic mass is 127. The van der Waals surface area contributed by atoms with Gasteiger partial charge in [0.1, 0.15) is 18.1 Å². The van der Waals surface area contributed by atoms with Gasteiger partial charge in [0.25, 0.3) is 0 Å². The SMILES string of the molecule is CC1=CC(CC2CC2)C(Br)=C1C(O)c1cn(C)nc1I.Cc1nn(CC2CC2)c(Br)c1I.Cn1cc(C=O)c(I)n1. The Morgan fingerprint density at radius 1 is 1.00 bits per heavy atom. The lowest BCUT2D eigenvalue weighted by atomic mass is 10.00. The van der Waals surface area contributed by atoms with E-state index < -0.39 is 6.10 Å². The molecule has 41 heavy (non-hydrogen) atoms. The smallest absolute Gasteiger partial charge is 0.154 e. The second kappa shape index (κ2) is 14.8. The number of hydrogen-bond acceptors (Lipinski definition) is 5. The number of nitrogens with zero attached hydrogens (tertiary/aromatic N) is 6. The molecular formula is C28H33Br2I3N6O2. The van der Waals surface area contributed by atoms with Gasteiger partial charge in [-0.05, 0) is 140 Å². The van der Waals surface area contributed by atoms with Gasteiger partial charge in [-0.3, -0.25) is 18.8 Å². The molecule has 2 unspecified atom stereocenters. The summed E-state index contributed by atoms with van der Waals surface area (Å²) in [7, 11) is 3.67. The van der Waals surface area contributed by atoms with E-state index in [0.29, 0.717) is 11.5 Å². The number of aromatic nitrogens is 6. The van der Waals surface area contributed by atoms with Crippen molar-refractivity contribution in [3.63, 3.8) is 0 Å². The molecule has 2 saturated carbocycles. The number of hydrogen-bond donors (Lipinski definition) is 1. The summed E-state index contributed by atoms with van der Waals surface area (Å²) in [5.74, 6) is 2.21. The number of carbonyl (C=O) groups is 1. The molecule has 3 heterocycles. The molecule has 3 aromatic heterocycles. The van der Waals surface area contributed by atoms with Gasteiger partial charge in [-0.2, -0.15) is 15.3 Å². The number of halogens is 5. The van der Waals surface area contributed by atoms with Gasteiger partial charge >= 0.3 is 0 Å². The largest absolute Gasteiger partial charge is 0.383 e. The summed E-state index contributed by atoms with van der Waals surface area (Å²) in [6, 6.07) is 0. The molecule has 6 rings (SSSR count). The molecule has 3 aromatic rings. The normalized spacial score (nSPS) is 18.9. The van der Waals surface area contributed by atoms with Gasteiger partial charge in [0.15, 0.2) is 6.29 Å². The lowest BCUT2D eigenvalue weighted by molar-refractivity contribution is 0.112. The van der Waals surface area contributed by atoms with Crippen molar-refractivity contribution < 1.29 is 9.90 Å². The molecule has 0 bridgehead atoms. The number of rotatable bonds is 7. The van der Waals surface area contributed by atoms with Crippen LogP contribution in [0.25, 0.3) is 0 Å². The Kier molecular flexibility index (Phi) is 12.2. The number of carbonyl (C=O) groups excluding carboxylic acids is 1. The lowest BCUT2D eigenvalue weighted by Gasteiger charge is -2.15. The Labute approximate surface area is 298 Å². The first kappa shape index (κ1) is 33.8. The van der Waals surface area contributed by atoms with Crippen LogP contribution in [-0.4, -0.2) is 40.7 Å². The first-order valence-corrected chi connectivity index (χ1v) is 18.2. The minimum absolute atomic E-state index is 0.446. The molecule has 2 fully saturated rings. The van der Waals surface area contributed by atoms with Crippen LogP contribution < -0.4 is 0 Å². The van der Waals surface area contributed by atoms with E-state index in [-0.39, 0.29) is 0 Å². The fourth-order valence-electron chi connectivity index (χ4n) is 4.66. The van der Waals surface area contributed by atoms with Gasteiger partial charge in [-0.15, -0.1) is 0 Å². The van der Waals surface area contributed by atoms with E-state index in [1.807, 2.05) is 35.8 Å². The maximum Gasteiger partial charge on any atom is 0.154 e. The van der Waals surface area contributed by atoms with Gasteiger partial charge in [-0.25, -0.2) is 0 Å². The molecule has 222 valence electrons. The third-order valence-corrected chi connectivity index (χ3v) is 12.7. The van der Waals surface area contributed by atoms with Crippen LogP contribution in [-0.2, 0) is 20.6 Å². The lowest BCUT2D eigenvalue weighted by Crippen LogP contribution is -2.04. The average molecular weight is 1030 g/mol. The summed E-state index contributed by atoms with van der Waals surface area (Å²) in [5, 5.41) is 23.5. The highest BCUT2D eigenvalue weighted by Gasteiger charge is 2.33. The Bertz CT molecular complexity index is 1470. The van der Waals surface area contributed by atoms with E-state index in [0.717, 1.165) is 58.0 Å². The van der Waals surface area contributed by atoms with Crippen molar-refractivity contribution in [3.05, 3.63) is 66.5 Å². The summed E-state index contributed by atoms with van der Waals surface area (Å²) in [4.78, 5) is 10.2. The molecule has 0 radical (unpaired) electrons. The number of aliphatic hydroxyl groups excluding tert-OH is 1. The zero-order valence-corrected chi connectivity index (χ0v) is 32.9. The van der Waals surface area contributed by atoms with Crippen LogP contribution in [0.15, 0.2) is 38.7 Å². The standard InChI is InChI=1S/C15H18BrIN2O.C8H10BrIN2.C5H5IN2O/c1-8-5-10(6-9-3-4-9)13(16)12(8)14(20)11-7-19(2)18-15(11)17;1-5-7(10)8(9)12(11-5)4-6-2-3-6;1-8-2-4(3-9)5(6)7-8/h5,7,9-10,14,20H,3-4,6H2,1-2H3;6H,2-4H2,1H3;2-3H,1H3. The summed E-state index contributed by atoms with van der Waals surface area (Å²) >= 11 is 13.8. The van der Waals surface area contributed by atoms with E-state index in [4.69, 9.17) is 0 Å². The summed E-state index contributed by atoms with van der Waals surface area (Å²) in [5.41, 5.74) is 4.89. The van der Waals surface area contributed by atoms with E-state index in [1.165, 1.54) is 41.2 Å². The molecule has 3 aliphatic carbocycles. The van der Waals surface area contributed by atoms with Crippen LogP contribution in [0.4, 0.5) is 0 Å². The Hall–Kier alpha value is -0.110. The Morgan fingerprint density at radius 3 is 2.05 bits per heavy atom. The molecular weight excluding hydrogens is 993 g/mol. The first-order valence-electron chi connectivity index (χ1n) is 13.4. The fraction of sp³-hybridized carbons (Fsp3) is 0.500. The van der Waals surface area contributed by atoms with Crippen molar-refractivity contribution in [2.75, 3.05) is 0 Å². The third-order valence-electron chi connectivity index (χ3n) is 7.18. The zero-order chi connectivity index (χ0) is 30.0. The predicted molar refractivity (Wildman–Crippen MR) is 193 cm³/mol. The number of allylic oxidation sites excluding steroid dienone is 2. The molecule has 0 aliphatic heterocycles. The van der Waals surface area contributed by atoms with Crippen molar-refractivity contribution in [2.24, 2.45) is 31.8 Å². The summed E-state index contributed by atoms with van der Waals surface area (Å²) < 4.78 is 10.6. The zero-order valence-electron chi connectivity index (χ0n) is 23.3. The Morgan fingerprint density at radius 2 is 1.61 bits per heavy atom. The second-order valence-corrected chi connectivity index (χ2v) is 15.6. The molecule has 8 nitrogen and oxygen atoms in total. The molecule has 0 saturated heterocycles.